The summed E-state index contributed by atoms with van der Waals surface area (Å²) >= 11 is 0. The lowest BCUT2D eigenvalue weighted by Crippen LogP contribution is -2.45. The van der Waals surface area contributed by atoms with E-state index in [4.69, 9.17) is 5.11 Å². The molecule has 0 aliphatic heterocycles. The summed E-state index contributed by atoms with van der Waals surface area (Å²) in [5.41, 5.74) is 0.478. The van der Waals surface area contributed by atoms with Crippen LogP contribution < -0.4 is 10.6 Å². The van der Waals surface area contributed by atoms with Crippen LogP contribution in [-0.4, -0.2) is 41.8 Å². The summed E-state index contributed by atoms with van der Waals surface area (Å²) in [6, 6.07) is 1.58. The fourth-order valence-electron chi connectivity index (χ4n) is 1.10. The number of urea groups is 1. The van der Waals surface area contributed by atoms with Crippen molar-refractivity contribution in [2.75, 3.05) is 19.0 Å². The fraction of sp³-hybridized carbons (Fsp3) is 0.300. The van der Waals surface area contributed by atoms with Gasteiger partial charge in [-0.1, -0.05) is 0 Å². The van der Waals surface area contributed by atoms with Gasteiger partial charge in [0.25, 0.3) is 0 Å². The third-order valence-electron chi connectivity index (χ3n) is 1.86. The minimum absolute atomic E-state index is 0.101. The van der Waals surface area contributed by atoms with Gasteiger partial charge in [-0.3, -0.25) is 4.98 Å². The Morgan fingerprint density at radius 3 is 2.88 bits per heavy atom. The molecule has 0 aliphatic rings. The van der Waals surface area contributed by atoms with Gasteiger partial charge in [0.05, 0.1) is 18.5 Å². The monoisotopic (exact) mass is 239 g/mol. The molecule has 0 radical (unpaired) electrons. The summed E-state index contributed by atoms with van der Waals surface area (Å²) in [6.45, 7) is -0.101. The molecule has 1 atom stereocenters. The highest BCUT2D eigenvalue weighted by atomic mass is 16.5. The van der Waals surface area contributed by atoms with Gasteiger partial charge < -0.3 is 20.5 Å². The molecule has 7 nitrogen and oxygen atoms in total. The molecule has 0 bridgehead atoms. The van der Waals surface area contributed by atoms with Crippen molar-refractivity contribution in [3.8, 4) is 0 Å². The van der Waals surface area contributed by atoms with E-state index in [-0.39, 0.29) is 6.61 Å². The summed E-state index contributed by atoms with van der Waals surface area (Å²) in [5.74, 6) is -1.16. The second kappa shape index (κ2) is 6.44. The van der Waals surface area contributed by atoms with E-state index in [0.717, 1.165) is 0 Å². The highest BCUT2D eigenvalue weighted by Crippen LogP contribution is 2.02. The van der Waals surface area contributed by atoms with E-state index in [2.05, 4.69) is 20.4 Å². The number of pyridine rings is 1. The Morgan fingerprint density at radius 1 is 1.59 bits per heavy atom. The number of carboxylic acid groups (broad SMARTS) is 1. The number of ether oxygens (including phenoxy) is 1. The maximum absolute atomic E-state index is 11.4. The van der Waals surface area contributed by atoms with Crippen LogP contribution in [0.15, 0.2) is 24.5 Å². The normalized spacial score (nSPS) is 11.6. The van der Waals surface area contributed by atoms with E-state index < -0.39 is 18.0 Å². The van der Waals surface area contributed by atoms with Crippen molar-refractivity contribution in [2.24, 2.45) is 0 Å². The van der Waals surface area contributed by atoms with Gasteiger partial charge in [0.1, 0.15) is 0 Å². The number of carbonyl (C=O) groups is 2. The Labute approximate surface area is 97.8 Å². The number of hydrogen-bond donors (Lipinski definition) is 3. The SMILES string of the molecule is COCC(NC(=O)Nc1cccnc1)C(=O)O. The molecule has 92 valence electrons. The van der Waals surface area contributed by atoms with Gasteiger partial charge in [-0.2, -0.15) is 0 Å². The van der Waals surface area contributed by atoms with E-state index in [1.54, 1.807) is 18.3 Å². The molecule has 17 heavy (non-hydrogen) atoms. The third kappa shape index (κ3) is 4.47. The summed E-state index contributed by atoms with van der Waals surface area (Å²) in [5, 5.41) is 13.5. The van der Waals surface area contributed by atoms with Gasteiger partial charge >= 0.3 is 12.0 Å². The second-order valence-corrected chi connectivity index (χ2v) is 3.19. The Morgan fingerprint density at radius 2 is 2.35 bits per heavy atom. The number of amides is 2. The first-order valence-corrected chi connectivity index (χ1v) is 4.82. The van der Waals surface area contributed by atoms with Crippen LogP contribution in [-0.2, 0) is 9.53 Å². The molecular weight excluding hydrogens is 226 g/mol. The first-order valence-electron chi connectivity index (χ1n) is 4.82. The number of nitrogens with zero attached hydrogens (tertiary/aromatic N) is 1. The van der Waals surface area contributed by atoms with E-state index in [1.807, 2.05) is 0 Å². The molecule has 1 aromatic rings. The van der Waals surface area contributed by atoms with Crippen molar-refractivity contribution in [3.05, 3.63) is 24.5 Å². The molecule has 3 N–H and O–H groups in total. The molecule has 1 rings (SSSR count). The van der Waals surface area contributed by atoms with Crippen LogP contribution in [0.2, 0.25) is 0 Å². The topological polar surface area (TPSA) is 101 Å². The molecule has 0 aromatic carbocycles. The van der Waals surface area contributed by atoms with Crippen LogP contribution in [0.4, 0.5) is 10.5 Å². The molecule has 1 unspecified atom stereocenters. The Balaban J connectivity index is 2.51. The van der Waals surface area contributed by atoms with Crippen molar-refractivity contribution < 1.29 is 19.4 Å². The largest absolute Gasteiger partial charge is 0.480 e. The molecule has 0 spiro atoms. The highest BCUT2D eigenvalue weighted by Gasteiger charge is 2.19. The van der Waals surface area contributed by atoms with Gasteiger partial charge in [0.2, 0.25) is 0 Å². The van der Waals surface area contributed by atoms with Gasteiger partial charge in [0, 0.05) is 13.3 Å². The van der Waals surface area contributed by atoms with Crippen LogP contribution in [0, 0.1) is 0 Å². The zero-order valence-electron chi connectivity index (χ0n) is 9.21. The average Bonchev–Trinajstić information content (AvgIpc) is 2.29. The van der Waals surface area contributed by atoms with E-state index in [0.29, 0.717) is 5.69 Å². The van der Waals surface area contributed by atoms with Crippen LogP contribution in [0.1, 0.15) is 0 Å². The standard InChI is InChI=1S/C10H13N3O4/c1-17-6-8(9(14)15)13-10(16)12-7-3-2-4-11-5-7/h2-5,8H,6H2,1H3,(H,14,15)(H2,12,13,16). The predicted molar refractivity (Wildman–Crippen MR) is 59.7 cm³/mol. The van der Waals surface area contributed by atoms with E-state index in [9.17, 15) is 9.59 Å². The zero-order chi connectivity index (χ0) is 12.7. The van der Waals surface area contributed by atoms with Crippen molar-refractivity contribution in [1.29, 1.82) is 0 Å². The number of anilines is 1. The second-order valence-electron chi connectivity index (χ2n) is 3.19. The Kier molecular flexibility index (Phi) is 4.89. The lowest BCUT2D eigenvalue weighted by Gasteiger charge is -2.13. The molecule has 2 amide bonds. The summed E-state index contributed by atoms with van der Waals surface area (Å²) in [7, 11) is 1.36. The number of methoxy groups -OCH3 is 1. The molecular formula is C10H13N3O4. The molecule has 0 fully saturated rings. The number of carbonyl (C=O) groups excluding carboxylic acids is 1. The Hall–Kier alpha value is -2.15. The van der Waals surface area contributed by atoms with Crippen molar-refractivity contribution in [2.45, 2.75) is 6.04 Å². The first kappa shape index (κ1) is 12.9. The molecule has 7 heteroatoms. The summed E-state index contributed by atoms with van der Waals surface area (Å²) < 4.78 is 4.68. The number of aliphatic carboxylic acids is 1. The molecule has 0 aliphatic carbocycles. The molecule has 0 saturated carbocycles. The van der Waals surface area contributed by atoms with Crippen LogP contribution in [0.5, 0.6) is 0 Å². The smallest absolute Gasteiger partial charge is 0.328 e. The Bertz CT molecular complexity index is 382. The van der Waals surface area contributed by atoms with Gasteiger partial charge in [-0.05, 0) is 12.1 Å². The summed E-state index contributed by atoms with van der Waals surface area (Å²) in [6.07, 6.45) is 3.01. The highest BCUT2D eigenvalue weighted by molar-refractivity contribution is 5.92. The first-order chi connectivity index (χ1) is 8.13. The lowest BCUT2D eigenvalue weighted by atomic mass is 10.3. The van der Waals surface area contributed by atoms with Crippen LogP contribution >= 0.6 is 0 Å². The maximum atomic E-state index is 11.4. The quantitative estimate of drug-likeness (QED) is 0.686. The number of carboxylic acids is 1. The van der Waals surface area contributed by atoms with Crippen LogP contribution in [0.3, 0.4) is 0 Å². The van der Waals surface area contributed by atoms with E-state index >= 15 is 0 Å². The maximum Gasteiger partial charge on any atom is 0.328 e. The average molecular weight is 239 g/mol. The number of rotatable bonds is 5. The predicted octanol–water partition coefficient (Wildman–Crippen LogP) is 0.303. The van der Waals surface area contributed by atoms with E-state index in [1.165, 1.54) is 13.3 Å². The minimum atomic E-state index is -1.16. The van der Waals surface area contributed by atoms with Crippen molar-refractivity contribution in [3.63, 3.8) is 0 Å². The zero-order valence-corrected chi connectivity index (χ0v) is 9.21. The number of hydrogen-bond acceptors (Lipinski definition) is 4. The summed E-state index contributed by atoms with van der Waals surface area (Å²) in [4.78, 5) is 26.0. The minimum Gasteiger partial charge on any atom is -0.480 e. The van der Waals surface area contributed by atoms with Gasteiger partial charge in [-0.25, -0.2) is 9.59 Å². The molecule has 1 aromatic heterocycles. The number of nitrogens with one attached hydrogen (secondary N) is 2. The van der Waals surface area contributed by atoms with Crippen molar-refractivity contribution in [1.82, 2.24) is 10.3 Å². The molecule has 0 saturated heterocycles. The van der Waals surface area contributed by atoms with Crippen LogP contribution in [0.25, 0.3) is 0 Å². The molecule has 1 heterocycles. The van der Waals surface area contributed by atoms with Gasteiger partial charge in [0.15, 0.2) is 6.04 Å². The third-order valence-corrected chi connectivity index (χ3v) is 1.86. The lowest BCUT2D eigenvalue weighted by molar-refractivity contribution is -0.140. The van der Waals surface area contributed by atoms with Crippen molar-refractivity contribution >= 4 is 17.7 Å². The van der Waals surface area contributed by atoms with Gasteiger partial charge in [-0.15, -0.1) is 0 Å². The number of aromatic nitrogens is 1. The fourth-order valence-corrected chi connectivity index (χ4v) is 1.10.